The Morgan fingerprint density at radius 2 is 0.448 bits per heavy atom. The smallest absolute Gasteiger partial charge is 0.343 e. The summed E-state index contributed by atoms with van der Waals surface area (Å²) in [5.41, 5.74) is 25.1. The van der Waals surface area contributed by atoms with Crippen molar-refractivity contribution < 1.29 is 28.6 Å². The second kappa shape index (κ2) is 30.3. The number of carbonyl (C=O) groups is 3. The first-order valence-corrected chi connectivity index (χ1v) is 42.7. The Kier molecular flexibility index (Phi) is 18.6. The van der Waals surface area contributed by atoms with Crippen molar-refractivity contribution in [2.75, 3.05) is 14.7 Å². The Bertz CT molecular complexity index is 6710. The zero-order valence-electron chi connectivity index (χ0n) is 70.4. The number of nitrogens with zero attached hydrogens (tertiary/aromatic N) is 3. The van der Waals surface area contributed by atoms with Gasteiger partial charge in [-0.1, -0.05) is 278 Å². The largest absolute Gasteiger partial charge is 0.423 e. The van der Waals surface area contributed by atoms with Crippen molar-refractivity contribution in [2.45, 2.75) is 70.1 Å². The van der Waals surface area contributed by atoms with E-state index in [9.17, 15) is 14.4 Å². The van der Waals surface area contributed by atoms with E-state index in [1.54, 1.807) is 18.2 Å². The lowest BCUT2D eigenvalue weighted by Crippen LogP contribution is -2.25. The summed E-state index contributed by atoms with van der Waals surface area (Å²) in [7, 11) is 0. The van der Waals surface area contributed by atoms with Crippen molar-refractivity contribution in [1.82, 2.24) is 0 Å². The van der Waals surface area contributed by atoms with Crippen LogP contribution in [-0.4, -0.2) is 17.9 Å². The molecule has 0 bridgehead atoms. The average Bonchev–Trinajstić information content (AvgIpc) is 1.53. The molecule has 0 fully saturated rings. The fraction of sp³-hybridized carbons (Fsp3) is 0.0948. The zero-order valence-corrected chi connectivity index (χ0v) is 70.4. The van der Waals surface area contributed by atoms with Gasteiger partial charge in [0.2, 0.25) is 0 Å². The third kappa shape index (κ3) is 13.5. The first-order chi connectivity index (χ1) is 60.8. The van der Waals surface area contributed by atoms with Gasteiger partial charge in [-0.15, -0.1) is 0 Å². The average molecular weight is 1620 g/mol. The van der Waals surface area contributed by atoms with Crippen LogP contribution in [0.5, 0.6) is 17.2 Å². The molecule has 3 aliphatic carbocycles. The third-order valence-corrected chi connectivity index (χ3v) is 26.4. The van der Waals surface area contributed by atoms with E-state index < -0.39 is 23.3 Å². The van der Waals surface area contributed by atoms with Crippen LogP contribution < -0.4 is 28.9 Å². The maximum Gasteiger partial charge on any atom is 0.343 e. The topological polar surface area (TPSA) is 88.6 Å². The fourth-order valence-electron chi connectivity index (χ4n) is 19.7. The van der Waals surface area contributed by atoms with Gasteiger partial charge in [-0.3, -0.25) is 0 Å². The maximum atomic E-state index is 14.8. The number of hydrogen-bond acceptors (Lipinski definition) is 9. The Balaban J connectivity index is 0.592. The second-order valence-electron chi connectivity index (χ2n) is 34.8. The molecular weight excluding hydrogens is 1530 g/mol. The molecule has 0 radical (unpaired) electrons. The highest BCUT2D eigenvalue weighted by Gasteiger charge is 2.40. The molecule has 0 aliphatic heterocycles. The minimum absolute atomic E-state index is 0.243. The SMILES string of the molecule is CC1(C)c2ccccc2-c2ccc(N(c3cccc(C(=O)Oc4ccc(C(C)(c5ccc(OC(=O)c6cccc(N(c7ccc8c(c7)C(C)(C)c7ccccc7-8)c7ccc8ccccc8c7)c6)cc5)c5ccc(OC(=O)c6cccc(N(c7ccc8c(c7)C(C)(C)c7ccccc7-8)c7ccc8ccccc8c7)c6)cc5)cc4)c3)c3ccc4ccccc4c3)cc21. The predicted molar refractivity (Wildman–Crippen MR) is 508 cm³/mol. The number of esters is 3. The number of ether oxygens (including phenoxy) is 3. The van der Waals surface area contributed by atoms with Gasteiger partial charge in [0.25, 0.3) is 0 Å². The lowest BCUT2D eigenvalue weighted by atomic mass is 9.71. The summed E-state index contributed by atoms with van der Waals surface area (Å²) in [6.45, 7) is 15.9. The highest BCUT2D eigenvalue weighted by atomic mass is 16.5. The molecule has 0 atom stereocenters. The van der Waals surface area contributed by atoms with Gasteiger partial charge in [0.15, 0.2) is 0 Å². The van der Waals surface area contributed by atoms with Crippen molar-refractivity contribution in [3.63, 3.8) is 0 Å². The van der Waals surface area contributed by atoms with E-state index in [0.717, 1.165) is 100 Å². The van der Waals surface area contributed by atoms with Crippen molar-refractivity contribution in [3.05, 3.63) is 467 Å². The van der Waals surface area contributed by atoms with Crippen LogP contribution in [0.3, 0.4) is 0 Å². The van der Waals surface area contributed by atoms with E-state index >= 15 is 0 Å². The molecule has 125 heavy (non-hydrogen) atoms. The number of rotatable bonds is 18. The van der Waals surface area contributed by atoms with Gasteiger partial charge in [0.05, 0.1) is 16.7 Å². The molecule has 9 heteroatoms. The molecule has 0 saturated carbocycles. The van der Waals surface area contributed by atoms with Gasteiger partial charge in [-0.05, 0) is 286 Å². The summed E-state index contributed by atoms with van der Waals surface area (Å²) in [5, 5.41) is 6.67. The Morgan fingerprint density at radius 1 is 0.216 bits per heavy atom. The molecule has 0 amide bonds. The summed E-state index contributed by atoms with van der Waals surface area (Å²) in [6.07, 6.45) is 0. The van der Waals surface area contributed by atoms with Gasteiger partial charge in [0, 0.05) is 72.8 Å². The van der Waals surface area contributed by atoms with E-state index in [4.69, 9.17) is 14.2 Å². The van der Waals surface area contributed by atoms with Gasteiger partial charge < -0.3 is 28.9 Å². The lowest BCUT2D eigenvalue weighted by Gasteiger charge is -2.32. The van der Waals surface area contributed by atoms with Crippen molar-refractivity contribution >= 4 is 101 Å². The number of anilines is 9. The molecule has 0 heterocycles. The molecule has 18 aromatic rings. The van der Waals surface area contributed by atoms with Crippen LogP contribution in [0, 0.1) is 0 Å². The first kappa shape index (κ1) is 76.9. The first-order valence-electron chi connectivity index (χ1n) is 42.7. The second-order valence-corrected chi connectivity index (χ2v) is 34.8. The molecule has 0 N–H and O–H groups in total. The maximum absolute atomic E-state index is 14.8. The van der Waals surface area contributed by atoms with Gasteiger partial charge in [-0.25, -0.2) is 14.4 Å². The lowest BCUT2D eigenvalue weighted by molar-refractivity contribution is 0.0725. The summed E-state index contributed by atoms with van der Waals surface area (Å²) < 4.78 is 19.1. The van der Waals surface area contributed by atoms with Crippen LogP contribution in [0.4, 0.5) is 51.2 Å². The van der Waals surface area contributed by atoms with Gasteiger partial charge in [-0.2, -0.15) is 0 Å². The molecule has 18 aromatic carbocycles. The Hall–Kier alpha value is -15.5. The summed E-state index contributed by atoms with van der Waals surface area (Å²) in [5.74, 6) is -0.513. The quantitative estimate of drug-likeness (QED) is 0.0473. The molecule has 3 aliphatic rings. The monoisotopic (exact) mass is 1620 g/mol. The van der Waals surface area contributed by atoms with E-state index in [1.807, 2.05) is 127 Å². The van der Waals surface area contributed by atoms with Crippen molar-refractivity contribution in [1.29, 1.82) is 0 Å². The minimum atomic E-state index is -0.921. The molecule has 0 saturated heterocycles. The third-order valence-electron chi connectivity index (χ3n) is 26.4. The van der Waals surface area contributed by atoms with E-state index in [0.29, 0.717) is 33.9 Å². The highest BCUT2D eigenvalue weighted by Crippen LogP contribution is 2.55. The summed E-state index contributed by atoms with van der Waals surface area (Å²) >= 11 is 0. The Labute approximate surface area is 727 Å². The standard InChI is InChI=1S/C116H87N3O6/c1-113(2)104-38-17-14-35-98(104)101-62-53-92(71-107(101)113)117(89-50-41-74-23-8-11-26-77(74)65-89)86-32-20-29-80(68-86)110(120)123-95-56-44-83(45-57-95)116(7,84-46-58-96(59-47-84)124-111(121)81-30-21-33-87(69-81)118(90-51-42-75-24-9-12-27-78(75)66-90)93-54-63-102-99-36-15-18-39-105(99)114(3,4)108(102)72-93)85-48-60-97(61-49-85)125-112(122)82-31-22-34-88(70-82)119(91-52-43-76-25-10-13-28-79(76)67-91)94-55-64-103-100-37-16-19-40-106(100)115(5,6)109(103)73-94/h8-73H,1-7H3. The number of benzene rings is 18. The van der Waals surface area contributed by atoms with Gasteiger partial charge >= 0.3 is 17.9 Å². The molecule has 0 spiro atoms. The molecule has 0 unspecified atom stereocenters. The molecule has 602 valence electrons. The van der Waals surface area contributed by atoms with E-state index in [1.165, 1.54) is 66.8 Å². The van der Waals surface area contributed by atoms with Gasteiger partial charge in [0.1, 0.15) is 17.2 Å². The molecule has 9 nitrogen and oxygen atoms in total. The fourth-order valence-corrected chi connectivity index (χ4v) is 19.7. The normalized spacial score (nSPS) is 13.4. The van der Waals surface area contributed by atoms with Crippen molar-refractivity contribution in [2.24, 2.45) is 0 Å². The number of fused-ring (bicyclic) bond motifs is 12. The molecule has 21 rings (SSSR count). The Morgan fingerprint density at radius 3 is 0.736 bits per heavy atom. The predicted octanol–water partition coefficient (Wildman–Crippen LogP) is 29.5. The van der Waals surface area contributed by atoms with Crippen LogP contribution in [-0.2, 0) is 21.7 Å². The van der Waals surface area contributed by atoms with Crippen LogP contribution >= 0.6 is 0 Å². The molecular formula is C116H87N3O6. The number of carbonyl (C=O) groups excluding carboxylic acids is 3. The van der Waals surface area contributed by atoms with E-state index in [2.05, 4.69) is 318 Å². The van der Waals surface area contributed by atoms with E-state index in [-0.39, 0.29) is 16.2 Å². The summed E-state index contributed by atoms with van der Waals surface area (Å²) in [6, 6.07) is 136. The number of hydrogen-bond donors (Lipinski definition) is 0. The minimum Gasteiger partial charge on any atom is -0.423 e. The van der Waals surface area contributed by atoms with Crippen molar-refractivity contribution in [3.8, 4) is 50.6 Å². The summed E-state index contributed by atoms with van der Waals surface area (Å²) in [4.78, 5) is 51.0. The van der Waals surface area contributed by atoms with Crippen LogP contribution in [0.25, 0.3) is 65.7 Å². The van der Waals surface area contributed by atoms with Crippen LogP contribution in [0.15, 0.2) is 400 Å². The highest BCUT2D eigenvalue weighted by molar-refractivity contribution is 6.00. The van der Waals surface area contributed by atoms with Crippen LogP contribution in [0.1, 0.15) is 130 Å². The molecule has 0 aromatic heterocycles. The van der Waals surface area contributed by atoms with Crippen LogP contribution in [0.2, 0.25) is 0 Å². The zero-order chi connectivity index (χ0) is 85.0.